The van der Waals surface area contributed by atoms with Crippen molar-refractivity contribution in [2.24, 2.45) is 5.92 Å². The normalized spacial score (nSPS) is 16.3. The van der Waals surface area contributed by atoms with Crippen LogP contribution in [0.25, 0.3) is 10.9 Å². The number of hydrogen-bond donors (Lipinski definition) is 0. The lowest BCUT2D eigenvalue weighted by molar-refractivity contribution is -0.115. The number of aromatic nitrogens is 1. The highest BCUT2D eigenvalue weighted by molar-refractivity contribution is 6.64. The Balaban J connectivity index is 1.68. The van der Waals surface area contributed by atoms with Gasteiger partial charge in [-0.15, -0.1) is 0 Å². The van der Waals surface area contributed by atoms with Crippen LogP contribution in [0.3, 0.4) is 0 Å². The van der Waals surface area contributed by atoms with Crippen molar-refractivity contribution in [2.45, 2.75) is 38.8 Å². The molecule has 1 unspecified atom stereocenters. The minimum absolute atomic E-state index is 0.176. The number of nitrogens with zero attached hydrogens (tertiary/aromatic N) is 1. The molecule has 4 rings (SSSR count). The molecule has 1 atom stereocenters. The predicted molar refractivity (Wildman–Crippen MR) is 121 cm³/mol. The van der Waals surface area contributed by atoms with Crippen LogP contribution in [0.1, 0.15) is 29.7 Å². The average Bonchev–Trinajstić information content (AvgIpc) is 2.90. The summed E-state index contributed by atoms with van der Waals surface area (Å²) < 4.78 is 13.9. The molecule has 1 aliphatic rings. The van der Waals surface area contributed by atoms with Gasteiger partial charge in [-0.25, -0.2) is 0 Å². The first kappa shape index (κ1) is 21.2. The topological polar surface area (TPSA) is 40.5 Å². The number of halogens is 2. The number of hydrogen-bond acceptors (Lipinski definition) is 3. The van der Waals surface area contributed by atoms with E-state index in [1.54, 1.807) is 7.11 Å². The van der Waals surface area contributed by atoms with Gasteiger partial charge in [-0.1, -0.05) is 41.9 Å². The second-order valence-corrected chi connectivity index (χ2v) is 8.47. The van der Waals surface area contributed by atoms with Crippen molar-refractivity contribution in [1.82, 2.24) is 4.57 Å². The van der Waals surface area contributed by atoms with Gasteiger partial charge in [-0.3, -0.25) is 4.79 Å². The third-order valence-corrected chi connectivity index (χ3v) is 6.48. The Bertz CT molecular complexity index is 1050. The maximum atomic E-state index is 12.0. The van der Waals surface area contributed by atoms with Crippen LogP contribution in [0.15, 0.2) is 42.5 Å². The molecule has 2 aromatic carbocycles. The summed E-state index contributed by atoms with van der Waals surface area (Å²) in [6, 6.07) is 13.9. The van der Waals surface area contributed by atoms with Gasteiger partial charge in [0.05, 0.1) is 30.9 Å². The van der Waals surface area contributed by atoms with Crippen molar-refractivity contribution in [1.29, 1.82) is 0 Å². The molecule has 0 N–H and O–H groups in total. The highest BCUT2D eigenvalue weighted by Gasteiger charge is 2.29. The lowest BCUT2D eigenvalue weighted by Gasteiger charge is -2.13. The third kappa shape index (κ3) is 4.22. The Labute approximate surface area is 186 Å². The number of carbonyl (C=O) groups excluding carboxylic acids is 1. The smallest absolute Gasteiger partial charge is 0.225 e. The molecule has 1 aliphatic carbocycles. The Kier molecular flexibility index (Phi) is 6.67. The summed E-state index contributed by atoms with van der Waals surface area (Å²) in [5.74, 6) is 0.599. The largest absolute Gasteiger partial charge is 0.496 e. The minimum Gasteiger partial charge on any atom is -0.496 e. The van der Waals surface area contributed by atoms with Gasteiger partial charge in [0.15, 0.2) is 0 Å². The van der Waals surface area contributed by atoms with Gasteiger partial charge in [-0.05, 0) is 60.5 Å². The van der Waals surface area contributed by atoms with Crippen molar-refractivity contribution >= 4 is 39.3 Å². The Hall–Kier alpha value is -2.01. The average molecular weight is 446 g/mol. The van der Waals surface area contributed by atoms with Crippen LogP contribution in [0, 0.1) is 5.92 Å². The van der Waals surface area contributed by atoms with Crippen molar-refractivity contribution in [3.63, 3.8) is 0 Å². The van der Waals surface area contributed by atoms with Crippen molar-refractivity contribution in [2.75, 3.05) is 13.7 Å². The van der Waals surface area contributed by atoms with Gasteiger partial charge in [0.1, 0.15) is 5.75 Å². The van der Waals surface area contributed by atoms with E-state index < -0.39 is 0 Å². The Morgan fingerprint density at radius 3 is 2.73 bits per heavy atom. The zero-order valence-electron chi connectivity index (χ0n) is 17.0. The van der Waals surface area contributed by atoms with E-state index >= 15 is 0 Å². The van der Waals surface area contributed by atoms with Crippen molar-refractivity contribution in [3.05, 3.63) is 64.3 Å². The fourth-order valence-electron chi connectivity index (χ4n) is 4.45. The molecule has 0 radical (unpaired) electrons. The highest BCUT2D eigenvalue weighted by atomic mass is 35.5. The summed E-state index contributed by atoms with van der Waals surface area (Å²) >= 11 is 12.5. The number of carbonyl (C=O) groups is 1. The number of ether oxygens (including phenoxy) is 2. The van der Waals surface area contributed by atoms with Gasteiger partial charge in [-0.2, -0.15) is 0 Å². The SMILES string of the molecule is COc1ccc(Cl)c2c1c1c(n2CCOCc2ccccc2)CCCC(C(=O)Cl)C1. The summed E-state index contributed by atoms with van der Waals surface area (Å²) in [5.41, 5.74) is 4.44. The van der Waals surface area contributed by atoms with Crippen molar-refractivity contribution in [3.8, 4) is 5.75 Å². The molecule has 30 heavy (non-hydrogen) atoms. The van der Waals surface area contributed by atoms with E-state index in [-0.39, 0.29) is 11.2 Å². The summed E-state index contributed by atoms with van der Waals surface area (Å²) in [5, 5.41) is 1.40. The lowest BCUT2D eigenvalue weighted by atomic mass is 9.97. The first-order chi connectivity index (χ1) is 14.6. The van der Waals surface area contributed by atoms with Gasteiger partial charge < -0.3 is 14.0 Å². The summed E-state index contributed by atoms with van der Waals surface area (Å²) in [4.78, 5) is 12.0. The molecule has 0 bridgehead atoms. The molecule has 3 aromatic rings. The van der Waals surface area contributed by atoms with Crippen molar-refractivity contribution < 1.29 is 14.3 Å². The molecule has 0 amide bonds. The molecule has 0 spiro atoms. The molecule has 158 valence electrons. The van der Waals surface area contributed by atoms with Gasteiger partial charge in [0, 0.05) is 23.5 Å². The molecule has 6 heteroatoms. The third-order valence-electron chi connectivity index (χ3n) is 5.86. The number of fused-ring (bicyclic) bond motifs is 3. The number of rotatable bonds is 7. The van der Waals surface area contributed by atoms with E-state index in [0.29, 0.717) is 31.2 Å². The van der Waals surface area contributed by atoms with Gasteiger partial charge in [0.2, 0.25) is 5.24 Å². The summed E-state index contributed by atoms with van der Waals surface area (Å²) in [7, 11) is 1.66. The minimum atomic E-state index is -0.268. The van der Waals surface area contributed by atoms with Crippen LogP contribution in [-0.4, -0.2) is 23.5 Å². The number of methoxy groups -OCH3 is 1. The molecule has 0 saturated heterocycles. The van der Waals surface area contributed by atoms with Crippen LogP contribution in [0.5, 0.6) is 5.75 Å². The maximum Gasteiger partial charge on any atom is 0.225 e. The van der Waals surface area contributed by atoms with E-state index in [9.17, 15) is 4.79 Å². The molecular weight excluding hydrogens is 421 g/mol. The number of benzene rings is 2. The van der Waals surface area contributed by atoms with E-state index in [1.165, 1.54) is 5.69 Å². The zero-order chi connectivity index (χ0) is 21.1. The quantitative estimate of drug-likeness (QED) is 0.262. The summed E-state index contributed by atoms with van der Waals surface area (Å²) in [6.07, 6.45) is 3.20. The zero-order valence-corrected chi connectivity index (χ0v) is 18.5. The van der Waals surface area contributed by atoms with E-state index in [4.69, 9.17) is 32.7 Å². The van der Waals surface area contributed by atoms with Crippen LogP contribution < -0.4 is 4.74 Å². The second kappa shape index (κ2) is 9.42. The van der Waals surface area contributed by atoms with Crippen LogP contribution >= 0.6 is 23.2 Å². The van der Waals surface area contributed by atoms with Crippen LogP contribution in [0.4, 0.5) is 0 Å². The standard InChI is InChI=1S/C24H25Cl2NO3/c1-29-21-11-10-19(25)23-22(21)18-14-17(24(26)28)8-5-9-20(18)27(23)12-13-30-15-16-6-3-2-4-7-16/h2-4,6-7,10-11,17H,5,8-9,12-15H2,1H3. The first-order valence-corrected chi connectivity index (χ1v) is 11.0. The second-order valence-electron chi connectivity index (χ2n) is 7.69. The monoisotopic (exact) mass is 445 g/mol. The Morgan fingerprint density at radius 1 is 1.20 bits per heavy atom. The maximum absolute atomic E-state index is 12.0. The molecule has 4 nitrogen and oxygen atoms in total. The molecular formula is C24H25Cl2NO3. The fourth-order valence-corrected chi connectivity index (χ4v) is 4.89. The molecule has 1 aromatic heterocycles. The lowest BCUT2D eigenvalue weighted by Crippen LogP contribution is -2.11. The molecule has 1 heterocycles. The van der Waals surface area contributed by atoms with Gasteiger partial charge in [0.25, 0.3) is 0 Å². The molecule has 0 aliphatic heterocycles. The van der Waals surface area contributed by atoms with E-state index in [2.05, 4.69) is 16.7 Å². The first-order valence-electron chi connectivity index (χ1n) is 10.3. The Morgan fingerprint density at radius 2 is 2.00 bits per heavy atom. The van der Waals surface area contributed by atoms with E-state index in [1.807, 2.05) is 30.3 Å². The van der Waals surface area contributed by atoms with Crippen LogP contribution in [-0.2, 0) is 35.5 Å². The molecule has 0 saturated carbocycles. The fraction of sp³-hybridized carbons (Fsp3) is 0.375. The molecule has 0 fully saturated rings. The predicted octanol–water partition coefficient (Wildman–Crippen LogP) is 5.78. The highest BCUT2D eigenvalue weighted by Crippen LogP contribution is 2.41. The van der Waals surface area contributed by atoms with Crippen LogP contribution in [0.2, 0.25) is 5.02 Å². The van der Waals surface area contributed by atoms with E-state index in [0.717, 1.165) is 47.0 Å². The van der Waals surface area contributed by atoms with Gasteiger partial charge >= 0.3 is 0 Å². The summed E-state index contributed by atoms with van der Waals surface area (Å²) in [6.45, 7) is 1.82.